The van der Waals surface area contributed by atoms with E-state index in [1.807, 2.05) is 50.2 Å². The fraction of sp³-hybridized carbons (Fsp3) is 0.263. The summed E-state index contributed by atoms with van der Waals surface area (Å²) in [4.78, 5) is 32.7. The third-order valence-corrected chi connectivity index (χ3v) is 3.74. The second kappa shape index (κ2) is 7.88. The molecule has 0 aliphatic carbocycles. The zero-order valence-corrected chi connectivity index (χ0v) is 14.8. The van der Waals surface area contributed by atoms with Crippen LogP contribution in [0, 0.1) is 0 Å². The van der Waals surface area contributed by atoms with E-state index >= 15 is 0 Å². The zero-order chi connectivity index (χ0) is 18.5. The van der Waals surface area contributed by atoms with Gasteiger partial charge in [-0.3, -0.25) is 14.9 Å². The fourth-order valence-electron chi connectivity index (χ4n) is 2.47. The van der Waals surface area contributed by atoms with E-state index in [-0.39, 0.29) is 30.9 Å². The van der Waals surface area contributed by atoms with E-state index in [4.69, 9.17) is 0 Å². The van der Waals surface area contributed by atoms with Gasteiger partial charge in [0.15, 0.2) is 5.82 Å². The van der Waals surface area contributed by atoms with Gasteiger partial charge in [-0.25, -0.2) is 9.97 Å². The predicted molar refractivity (Wildman–Crippen MR) is 98.4 cm³/mol. The van der Waals surface area contributed by atoms with Crippen LogP contribution in [0.4, 0.5) is 0 Å². The summed E-state index contributed by atoms with van der Waals surface area (Å²) in [6.07, 6.45) is 3.51. The Morgan fingerprint density at radius 3 is 2.50 bits per heavy atom. The molecule has 2 heterocycles. The van der Waals surface area contributed by atoms with E-state index in [1.165, 1.54) is 0 Å². The standard InChI is InChI=1S/C19H21N5O2/c1-13(2)20-10-17(25)23-18(26)12-24-9-8-15-16(11-24)22-19(21-15)14-6-4-3-5-7-14/h3-9,11,13,20H,10,12H2,1-2H3,(H,23,25,26). The SMILES string of the molecule is CC(C)NCC(=O)NC(=O)Cn1ccc2nc(-c3ccccc3)nc-2c1. The molecule has 0 aromatic heterocycles. The Hall–Kier alpha value is -3.06. The van der Waals surface area contributed by atoms with Crippen LogP contribution in [0.5, 0.6) is 0 Å². The van der Waals surface area contributed by atoms with Crippen molar-refractivity contribution < 1.29 is 9.59 Å². The largest absolute Gasteiger partial charge is 0.343 e. The molecule has 0 saturated carbocycles. The highest BCUT2D eigenvalue weighted by molar-refractivity contribution is 5.96. The van der Waals surface area contributed by atoms with E-state index in [0.717, 1.165) is 11.3 Å². The van der Waals surface area contributed by atoms with Gasteiger partial charge in [0.05, 0.1) is 12.2 Å². The number of nitrogens with zero attached hydrogens (tertiary/aromatic N) is 3. The minimum Gasteiger partial charge on any atom is -0.343 e. The molecule has 134 valence electrons. The molecule has 0 radical (unpaired) electrons. The number of fused-ring (bicyclic) bond motifs is 1. The second-order valence-electron chi connectivity index (χ2n) is 6.31. The van der Waals surface area contributed by atoms with Gasteiger partial charge in [0.25, 0.3) is 0 Å². The van der Waals surface area contributed by atoms with Crippen LogP contribution in [0.1, 0.15) is 13.8 Å². The van der Waals surface area contributed by atoms with Gasteiger partial charge in [-0.1, -0.05) is 44.2 Å². The summed E-state index contributed by atoms with van der Waals surface area (Å²) in [6.45, 7) is 4.02. The number of hydrogen-bond donors (Lipinski definition) is 2. The lowest BCUT2D eigenvalue weighted by Crippen LogP contribution is -2.41. The third-order valence-electron chi connectivity index (χ3n) is 3.74. The maximum Gasteiger partial charge on any atom is 0.246 e. The van der Waals surface area contributed by atoms with E-state index in [9.17, 15) is 9.59 Å². The van der Waals surface area contributed by atoms with Crippen molar-refractivity contribution in [3.05, 3.63) is 48.8 Å². The Balaban J connectivity index is 1.67. The molecule has 0 saturated heterocycles. The number of nitrogens with one attached hydrogen (secondary N) is 2. The van der Waals surface area contributed by atoms with Crippen molar-refractivity contribution in [2.45, 2.75) is 26.4 Å². The van der Waals surface area contributed by atoms with Crippen LogP contribution in [0.2, 0.25) is 0 Å². The average Bonchev–Trinajstić information content (AvgIpc) is 3.04. The molecule has 0 bridgehead atoms. The first-order valence-corrected chi connectivity index (χ1v) is 8.46. The first kappa shape index (κ1) is 17.8. The number of carbonyl (C=O) groups is 2. The number of pyridine rings is 1. The van der Waals surface area contributed by atoms with Crippen molar-refractivity contribution in [2.24, 2.45) is 0 Å². The van der Waals surface area contributed by atoms with Crippen LogP contribution in [-0.2, 0) is 16.1 Å². The lowest BCUT2D eigenvalue weighted by molar-refractivity contribution is -0.130. The molecule has 0 atom stereocenters. The molecule has 7 heteroatoms. The highest BCUT2D eigenvalue weighted by Gasteiger charge is 2.14. The molecule has 26 heavy (non-hydrogen) atoms. The first-order chi connectivity index (χ1) is 12.5. The molecule has 0 spiro atoms. The average molecular weight is 351 g/mol. The highest BCUT2D eigenvalue weighted by Crippen LogP contribution is 2.24. The molecule has 2 aliphatic heterocycles. The van der Waals surface area contributed by atoms with Gasteiger partial charge in [0.1, 0.15) is 12.2 Å². The predicted octanol–water partition coefficient (Wildman–Crippen LogP) is 1.69. The Labute approximate surface area is 151 Å². The quantitative estimate of drug-likeness (QED) is 0.705. The van der Waals surface area contributed by atoms with E-state index < -0.39 is 0 Å². The molecule has 0 unspecified atom stereocenters. The molecular weight excluding hydrogens is 330 g/mol. The fourth-order valence-corrected chi connectivity index (χ4v) is 2.47. The van der Waals surface area contributed by atoms with Gasteiger partial charge in [-0.2, -0.15) is 0 Å². The molecular formula is C19H21N5O2. The molecule has 2 amide bonds. The van der Waals surface area contributed by atoms with Gasteiger partial charge < -0.3 is 9.88 Å². The summed E-state index contributed by atoms with van der Waals surface area (Å²) in [7, 11) is 0. The number of imidazole rings is 1. The van der Waals surface area contributed by atoms with Crippen LogP contribution in [0.25, 0.3) is 22.8 Å². The Kier molecular flexibility index (Phi) is 5.38. The normalized spacial score (nSPS) is 11.0. The maximum atomic E-state index is 12.0. The topological polar surface area (TPSA) is 88.9 Å². The molecule has 2 aliphatic rings. The number of aromatic nitrogens is 3. The van der Waals surface area contributed by atoms with E-state index in [1.54, 1.807) is 17.0 Å². The number of carbonyl (C=O) groups excluding carboxylic acids is 2. The molecule has 2 N–H and O–H groups in total. The van der Waals surface area contributed by atoms with Crippen molar-refractivity contribution in [1.29, 1.82) is 0 Å². The molecule has 7 nitrogen and oxygen atoms in total. The van der Waals surface area contributed by atoms with Crippen molar-refractivity contribution in [3.8, 4) is 22.8 Å². The number of hydrogen-bond acceptors (Lipinski definition) is 5. The highest BCUT2D eigenvalue weighted by atomic mass is 16.2. The van der Waals surface area contributed by atoms with Crippen molar-refractivity contribution in [2.75, 3.05) is 6.54 Å². The van der Waals surface area contributed by atoms with Crippen molar-refractivity contribution in [1.82, 2.24) is 25.2 Å². The minimum absolute atomic E-state index is 0.0386. The van der Waals surface area contributed by atoms with Crippen molar-refractivity contribution >= 4 is 11.8 Å². The summed E-state index contributed by atoms with van der Waals surface area (Å²) >= 11 is 0. The second-order valence-corrected chi connectivity index (χ2v) is 6.31. The van der Waals surface area contributed by atoms with Gasteiger partial charge in [-0.15, -0.1) is 0 Å². The monoisotopic (exact) mass is 351 g/mol. The minimum atomic E-state index is -0.368. The Bertz CT molecular complexity index is 873. The van der Waals surface area contributed by atoms with Crippen LogP contribution < -0.4 is 10.6 Å². The van der Waals surface area contributed by atoms with Gasteiger partial charge in [0, 0.05) is 24.0 Å². The van der Waals surface area contributed by atoms with Gasteiger partial charge in [0.2, 0.25) is 11.8 Å². The van der Waals surface area contributed by atoms with E-state index in [0.29, 0.717) is 11.5 Å². The number of benzene rings is 1. The summed E-state index contributed by atoms with van der Waals surface area (Å²) in [6, 6.07) is 11.7. The van der Waals surface area contributed by atoms with Crippen molar-refractivity contribution in [3.63, 3.8) is 0 Å². The van der Waals surface area contributed by atoms with Crippen LogP contribution in [-0.4, -0.2) is 38.9 Å². The molecule has 1 aromatic rings. The van der Waals surface area contributed by atoms with Crippen LogP contribution in [0.3, 0.4) is 0 Å². The lowest BCUT2D eigenvalue weighted by Gasteiger charge is -2.10. The lowest BCUT2D eigenvalue weighted by atomic mass is 10.2. The Morgan fingerprint density at radius 1 is 1.04 bits per heavy atom. The molecule has 3 rings (SSSR count). The number of imide groups is 1. The third kappa shape index (κ3) is 4.52. The van der Waals surface area contributed by atoms with Gasteiger partial charge in [-0.05, 0) is 6.07 Å². The van der Waals surface area contributed by atoms with Gasteiger partial charge >= 0.3 is 0 Å². The maximum absolute atomic E-state index is 12.0. The Morgan fingerprint density at radius 2 is 1.77 bits per heavy atom. The zero-order valence-electron chi connectivity index (χ0n) is 14.8. The number of amides is 2. The first-order valence-electron chi connectivity index (χ1n) is 8.46. The molecule has 1 aromatic carbocycles. The summed E-state index contributed by atoms with van der Waals surface area (Å²) < 4.78 is 1.68. The summed E-state index contributed by atoms with van der Waals surface area (Å²) in [5.74, 6) is -0.0599. The number of rotatable bonds is 6. The molecule has 0 fully saturated rings. The van der Waals surface area contributed by atoms with Crippen LogP contribution in [0.15, 0.2) is 48.8 Å². The van der Waals surface area contributed by atoms with E-state index in [2.05, 4.69) is 20.6 Å². The smallest absolute Gasteiger partial charge is 0.246 e. The summed E-state index contributed by atoms with van der Waals surface area (Å²) in [5, 5.41) is 5.33. The van der Waals surface area contributed by atoms with Crippen LogP contribution >= 0.6 is 0 Å². The summed E-state index contributed by atoms with van der Waals surface area (Å²) in [5.41, 5.74) is 2.40.